The van der Waals surface area contributed by atoms with E-state index in [0.717, 1.165) is 28.7 Å². The Morgan fingerprint density at radius 1 is 1.42 bits per heavy atom. The van der Waals surface area contributed by atoms with E-state index in [2.05, 4.69) is 11.9 Å². The zero-order chi connectivity index (χ0) is 13.7. The van der Waals surface area contributed by atoms with Crippen LogP contribution in [0, 0.1) is 0 Å². The fraction of sp³-hybridized carbons (Fsp3) is 0.188. The second-order valence-corrected chi connectivity index (χ2v) is 4.16. The minimum atomic E-state index is -0.132. The Kier molecular flexibility index (Phi) is 4.18. The van der Waals surface area contributed by atoms with Crippen molar-refractivity contribution in [3.05, 3.63) is 54.3 Å². The number of carbonyl (C=O) groups is 1. The first kappa shape index (κ1) is 13.1. The van der Waals surface area contributed by atoms with Gasteiger partial charge in [-0.2, -0.15) is 0 Å². The van der Waals surface area contributed by atoms with Crippen molar-refractivity contribution in [3.63, 3.8) is 0 Å². The molecule has 0 bridgehead atoms. The molecular formula is C16H17NO2. The lowest BCUT2D eigenvalue weighted by molar-refractivity contribution is -0.116. The molecule has 1 amide bonds. The van der Waals surface area contributed by atoms with Crippen LogP contribution in [0.2, 0.25) is 0 Å². The molecule has 0 spiro atoms. The predicted octanol–water partition coefficient (Wildman–Crippen LogP) is 3.31. The summed E-state index contributed by atoms with van der Waals surface area (Å²) in [6.45, 7) is 6.06. The molecule has 0 unspecified atom stereocenters. The minimum Gasteiger partial charge on any atom is -0.460 e. The molecule has 0 aliphatic carbocycles. The van der Waals surface area contributed by atoms with Crippen molar-refractivity contribution in [2.24, 2.45) is 0 Å². The van der Waals surface area contributed by atoms with Crippen LogP contribution in [0.3, 0.4) is 0 Å². The van der Waals surface area contributed by atoms with Gasteiger partial charge >= 0.3 is 0 Å². The van der Waals surface area contributed by atoms with Crippen molar-refractivity contribution in [3.8, 4) is 0 Å². The number of furan rings is 1. The van der Waals surface area contributed by atoms with Crippen LogP contribution in [-0.2, 0) is 11.2 Å². The summed E-state index contributed by atoms with van der Waals surface area (Å²) in [7, 11) is 0. The van der Waals surface area contributed by atoms with Gasteiger partial charge in [0.2, 0.25) is 5.91 Å². The van der Waals surface area contributed by atoms with Crippen molar-refractivity contribution in [2.45, 2.75) is 13.3 Å². The van der Waals surface area contributed by atoms with Crippen LogP contribution in [0.4, 0.5) is 0 Å². The molecule has 3 nitrogen and oxygen atoms in total. The normalized spacial score (nSPS) is 11.0. The third-order valence-corrected chi connectivity index (χ3v) is 2.85. The SMILES string of the molecule is C=CCNC(=O)/C=C/c1c(CC)oc2ccccc12. The average Bonchev–Trinajstić information content (AvgIpc) is 2.80. The molecule has 0 aliphatic rings. The average molecular weight is 255 g/mol. The highest BCUT2D eigenvalue weighted by Crippen LogP contribution is 2.27. The highest BCUT2D eigenvalue weighted by Gasteiger charge is 2.09. The van der Waals surface area contributed by atoms with E-state index < -0.39 is 0 Å². The van der Waals surface area contributed by atoms with Crippen LogP contribution >= 0.6 is 0 Å². The van der Waals surface area contributed by atoms with Gasteiger partial charge in [-0.3, -0.25) is 4.79 Å². The number of hydrogen-bond donors (Lipinski definition) is 1. The summed E-state index contributed by atoms with van der Waals surface area (Å²) >= 11 is 0. The standard InChI is InChI=1S/C16H17NO2/c1-3-11-17-16(18)10-9-13-12-7-5-6-8-15(12)19-14(13)4-2/h3,5-10H,1,4,11H2,2H3,(H,17,18)/b10-9+. The van der Waals surface area contributed by atoms with Crippen LogP contribution in [0.5, 0.6) is 0 Å². The highest BCUT2D eigenvalue weighted by atomic mass is 16.3. The Hall–Kier alpha value is -2.29. The van der Waals surface area contributed by atoms with Gasteiger partial charge in [0.15, 0.2) is 0 Å². The van der Waals surface area contributed by atoms with E-state index in [0.29, 0.717) is 6.54 Å². The number of rotatable bonds is 5. The molecule has 0 saturated carbocycles. The number of carbonyl (C=O) groups excluding carboxylic acids is 1. The van der Waals surface area contributed by atoms with E-state index in [4.69, 9.17) is 4.42 Å². The predicted molar refractivity (Wildman–Crippen MR) is 77.8 cm³/mol. The van der Waals surface area contributed by atoms with E-state index in [1.54, 1.807) is 6.08 Å². The van der Waals surface area contributed by atoms with Gasteiger partial charge in [0.1, 0.15) is 11.3 Å². The van der Waals surface area contributed by atoms with Crippen LogP contribution in [-0.4, -0.2) is 12.5 Å². The summed E-state index contributed by atoms with van der Waals surface area (Å²) in [6, 6.07) is 7.84. The van der Waals surface area contributed by atoms with Gasteiger partial charge in [0.25, 0.3) is 0 Å². The fourth-order valence-corrected chi connectivity index (χ4v) is 1.95. The van der Waals surface area contributed by atoms with E-state index >= 15 is 0 Å². The minimum absolute atomic E-state index is 0.132. The largest absolute Gasteiger partial charge is 0.460 e. The molecule has 19 heavy (non-hydrogen) atoms. The molecule has 0 saturated heterocycles. The van der Waals surface area contributed by atoms with Gasteiger partial charge in [-0.15, -0.1) is 6.58 Å². The van der Waals surface area contributed by atoms with Crippen molar-refractivity contribution in [2.75, 3.05) is 6.54 Å². The Balaban J connectivity index is 2.30. The van der Waals surface area contributed by atoms with E-state index in [9.17, 15) is 4.79 Å². The number of benzene rings is 1. The smallest absolute Gasteiger partial charge is 0.244 e. The van der Waals surface area contributed by atoms with Gasteiger partial charge in [-0.1, -0.05) is 31.2 Å². The van der Waals surface area contributed by atoms with Crippen molar-refractivity contribution in [1.29, 1.82) is 0 Å². The molecule has 0 fully saturated rings. The molecule has 2 rings (SSSR count). The first-order valence-electron chi connectivity index (χ1n) is 6.33. The van der Waals surface area contributed by atoms with Gasteiger partial charge < -0.3 is 9.73 Å². The topological polar surface area (TPSA) is 42.2 Å². The van der Waals surface area contributed by atoms with E-state index in [1.165, 1.54) is 6.08 Å². The monoisotopic (exact) mass is 255 g/mol. The van der Waals surface area contributed by atoms with Crippen molar-refractivity contribution in [1.82, 2.24) is 5.32 Å². The molecule has 0 radical (unpaired) electrons. The maximum atomic E-state index is 11.6. The molecule has 0 atom stereocenters. The number of aryl methyl sites for hydroxylation is 1. The second kappa shape index (κ2) is 6.05. The molecular weight excluding hydrogens is 238 g/mol. The van der Waals surface area contributed by atoms with Crippen LogP contribution in [0.15, 0.2) is 47.4 Å². The second-order valence-electron chi connectivity index (χ2n) is 4.16. The highest BCUT2D eigenvalue weighted by molar-refractivity contribution is 5.96. The molecule has 1 N–H and O–H groups in total. The number of nitrogens with one attached hydrogen (secondary N) is 1. The molecule has 1 aromatic carbocycles. The zero-order valence-corrected chi connectivity index (χ0v) is 11.0. The van der Waals surface area contributed by atoms with E-state index in [1.807, 2.05) is 37.3 Å². The zero-order valence-electron chi connectivity index (χ0n) is 11.0. The van der Waals surface area contributed by atoms with Gasteiger partial charge in [0.05, 0.1) is 0 Å². The number of hydrogen-bond acceptors (Lipinski definition) is 2. The first-order valence-corrected chi connectivity index (χ1v) is 6.33. The quantitative estimate of drug-likeness (QED) is 0.658. The van der Waals surface area contributed by atoms with Gasteiger partial charge in [-0.25, -0.2) is 0 Å². The van der Waals surface area contributed by atoms with Crippen LogP contribution in [0.25, 0.3) is 17.0 Å². The Morgan fingerprint density at radius 2 is 2.21 bits per heavy atom. The summed E-state index contributed by atoms with van der Waals surface area (Å²) < 4.78 is 5.76. The van der Waals surface area contributed by atoms with E-state index in [-0.39, 0.29) is 5.91 Å². The maximum Gasteiger partial charge on any atom is 0.244 e. The van der Waals surface area contributed by atoms with Crippen LogP contribution < -0.4 is 5.32 Å². The molecule has 1 heterocycles. The molecule has 1 aromatic heterocycles. The summed E-state index contributed by atoms with van der Waals surface area (Å²) in [6.07, 6.45) is 5.78. The Morgan fingerprint density at radius 3 is 2.95 bits per heavy atom. The van der Waals surface area contributed by atoms with Crippen molar-refractivity contribution < 1.29 is 9.21 Å². The maximum absolute atomic E-state index is 11.6. The fourth-order valence-electron chi connectivity index (χ4n) is 1.95. The Labute approximate surface area is 112 Å². The third-order valence-electron chi connectivity index (χ3n) is 2.85. The summed E-state index contributed by atoms with van der Waals surface area (Å²) in [5, 5.41) is 3.74. The molecule has 3 heteroatoms. The Bertz CT molecular complexity index is 623. The van der Waals surface area contributed by atoms with Crippen molar-refractivity contribution >= 4 is 23.0 Å². The number of amides is 1. The summed E-state index contributed by atoms with van der Waals surface area (Å²) in [4.78, 5) is 11.6. The summed E-state index contributed by atoms with van der Waals surface area (Å²) in [5.74, 6) is 0.765. The lowest BCUT2D eigenvalue weighted by Gasteiger charge is -1.96. The third kappa shape index (κ3) is 2.94. The lowest BCUT2D eigenvalue weighted by Crippen LogP contribution is -2.20. The molecule has 98 valence electrons. The molecule has 2 aromatic rings. The van der Waals surface area contributed by atoms with Gasteiger partial charge in [0, 0.05) is 30.0 Å². The summed E-state index contributed by atoms with van der Waals surface area (Å²) in [5.41, 5.74) is 1.83. The lowest BCUT2D eigenvalue weighted by atomic mass is 10.1. The first-order chi connectivity index (χ1) is 9.26. The molecule has 0 aliphatic heterocycles. The van der Waals surface area contributed by atoms with Crippen LogP contribution in [0.1, 0.15) is 18.2 Å². The van der Waals surface area contributed by atoms with Gasteiger partial charge in [-0.05, 0) is 12.1 Å². The number of para-hydroxylation sites is 1. The number of fused-ring (bicyclic) bond motifs is 1.